The summed E-state index contributed by atoms with van der Waals surface area (Å²) in [5, 5.41) is 3.64. The van der Waals surface area contributed by atoms with Crippen molar-refractivity contribution >= 4 is 0 Å². The van der Waals surface area contributed by atoms with Gasteiger partial charge in [-0.05, 0) is 71.1 Å². The lowest BCUT2D eigenvalue weighted by Crippen LogP contribution is -2.40. The van der Waals surface area contributed by atoms with Crippen molar-refractivity contribution < 1.29 is 8.78 Å². The van der Waals surface area contributed by atoms with Gasteiger partial charge in [0.25, 0.3) is 5.92 Å². The van der Waals surface area contributed by atoms with Crippen LogP contribution < -0.4 is 5.32 Å². The Labute approximate surface area is 114 Å². The highest BCUT2D eigenvalue weighted by atomic mass is 19.3. The largest absolute Gasteiger partial charge is 0.314 e. The predicted octanol–water partition coefficient (Wildman–Crippen LogP) is 2.89. The molecule has 3 rings (SSSR count). The molecule has 3 aliphatic rings. The number of rotatable bonds is 3. The number of nitrogens with one attached hydrogen (secondary N) is 1. The van der Waals surface area contributed by atoms with E-state index < -0.39 is 11.3 Å². The molecule has 2 aliphatic carbocycles. The van der Waals surface area contributed by atoms with E-state index >= 15 is 0 Å². The first-order chi connectivity index (χ1) is 9.01. The molecule has 0 aromatic carbocycles. The first-order valence-electron chi connectivity index (χ1n) is 7.81. The lowest BCUT2D eigenvalue weighted by Gasteiger charge is -2.33. The third-order valence-electron chi connectivity index (χ3n) is 5.69. The van der Waals surface area contributed by atoms with Gasteiger partial charge in [0.2, 0.25) is 0 Å². The highest BCUT2D eigenvalue weighted by Crippen LogP contribution is 2.67. The molecule has 3 fully saturated rings. The van der Waals surface area contributed by atoms with Crippen molar-refractivity contribution in [1.82, 2.24) is 10.2 Å². The summed E-state index contributed by atoms with van der Waals surface area (Å²) in [6.07, 6.45) is 6.05. The molecule has 1 heterocycles. The second-order valence-electron chi connectivity index (χ2n) is 7.09. The molecule has 0 aromatic heterocycles. The molecule has 19 heavy (non-hydrogen) atoms. The molecule has 1 saturated heterocycles. The van der Waals surface area contributed by atoms with Gasteiger partial charge in [-0.1, -0.05) is 0 Å². The van der Waals surface area contributed by atoms with E-state index in [4.69, 9.17) is 0 Å². The van der Waals surface area contributed by atoms with Gasteiger partial charge in [-0.2, -0.15) is 0 Å². The fraction of sp³-hybridized carbons (Fsp3) is 1.00. The number of piperidine rings is 1. The smallest absolute Gasteiger partial charge is 0.254 e. The zero-order chi connectivity index (χ0) is 13.5. The van der Waals surface area contributed by atoms with E-state index in [1.54, 1.807) is 0 Å². The molecule has 0 amide bonds. The van der Waals surface area contributed by atoms with Gasteiger partial charge < -0.3 is 10.2 Å². The molecule has 0 unspecified atom stereocenters. The average molecular weight is 272 g/mol. The van der Waals surface area contributed by atoms with Crippen LogP contribution in [0.5, 0.6) is 0 Å². The molecule has 2 nitrogen and oxygen atoms in total. The van der Waals surface area contributed by atoms with Crippen LogP contribution in [0.25, 0.3) is 0 Å². The maximum Gasteiger partial charge on any atom is 0.254 e. The third kappa shape index (κ3) is 2.80. The zero-order valence-corrected chi connectivity index (χ0v) is 11.9. The summed E-state index contributed by atoms with van der Waals surface area (Å²) in [4.78, 5) is 2.38. The van der Waals surface area contributed by atoms with E-state index in [2.05, 4.69) is 17.3 Å². The summed E-state index contributed by atoms with van der Waals surface area (Å²) in [7, 11) is 2.18. The van der Waals surface area contributed by atoms with Gasteiger partial charge >= 0.3 is 0 Å². The van der Waals surface area contributed by atoms with E-state index in [0.717, 1.165) is 38.1 Å². The summed E-state index contributed by atoms with van der Waals surface area (Å²) in [6.45, 7) is 3.49. The Morgan fingerprint density at radius 3 is 2.21 bits per heavy atom. The van der Waals surface area contributed by atoms with Crippen LogP contribution in [-0.4, -0.2) is 43.5 Å². The lowest BCUT2D eigenvalue weighted by molar-refractivity contribution is 0.0434. The summed E-state index contributed by atoms with van der Waals surface area (Å²) in [5.41, 5.74) is -0.585. The first-order valence-corrected chi connectivity index (χ1v) is 7.81. The standard InChI is InChI=1S/C15H26F2N2/c1-19-8-4-12(5-9-19)10-18-13-2-6-14(7-3-13)11-15(14,16)17/h12-13,18H,2-11H2,1H3. The van der Waals surface area contributed by atoms with Gasteiger partial charge in [-0.25, -0.2) is 8.78 Å². The van der Waals surface area contributed by atoms with E-state index in [1.807, 2.05) is 0 Å². The molecule has 4 heteroatoms. The van der Waals surface area contributed by atoms with E-state index in [-0.39, 0.29) is 6.42 Å². The van der Waals surface area contributed by atoms with Crippen LogP contribution in [0.1, 0.15) is 44.9 Å². The highest BCUT2D eigenvalue weighted by Gasteiger charge is 2.70. The Kier molecular flexibility index (Phi) is 3.59. The normalized spacial score (nSPS) is 39.6. The maximum atomic E-state index is 13.3. The van der Waals surface area contributed by atoms with E-state index in [9.17, 15) is 8.78 Å². The molecule has 1 N–H and O–H groups in total. The summed E-state index contributed by atoms with van der Waals surface area (Å²) < 4.78 is 26.6. The van der Waals surface area contributed by atoms with Crippen molar-refractivity contribution in [1.29, 1.82) is 0 Å². The molecule has 0 bridgehead atoms. The summed E-state index contributed by atoms with van der Waals surface area (Å²) in [6, 6.07) is 0.488. The van der Waals surface area contributed by atoms with Crippen LogP contribution in [0, 0.1) is 11.3 Å². The van der Waals surface area contributed by atoms with Crippen molar-refractivity contribution in [2.24, 2.45) is 11.3 Å². The molecule has 110 valence electrons. The molecular weight excluding hydrogens is 246 g/mol. The Bertz CT molecular complexity index is 316. The number of nitrogens with zero attached hydrogens (tertiary/aromatic N) is 1. The van der Waals surface area contributed by atoms with E-state index in [0.29, 0.717) is 6.04 Å². The minimum atomic E-state index is -2.34. The van der Waals surface area contributed by atoms with Crippen LogP contribution in [0.4, 0.5) is 8.78 Å². The quantitative estimate of drug-likeness (QED) is 0.850. The first kappa shape index (κ1) is 13.7. The van der Waals surface area contributed by atoms with Gasteiger partial charge in [0.1, 0.15) is 0 Å². The number of hydrogen-bond donors (Lipinski definition) is 1. The number of alkyl halides is 2. The van der Waals surface area contributed by atoms with Gasteiger partial charge in [0, 0.05) is 17.9 Å². The molecular formula is C15H26F2N2. The molecule has 1 spiro atoms. The van der Waals surface area contributed by atoms with Crippen molar-refractivity contribution in [2.45, 2.75) is 56.9 Å². The van der Waals surface area contributed by atoms with Gasteiger partial charge in [0.05, 0.1) is 0 Å². The minimum Gasteiger partial charge on any atom is -0.314 e. The number of hydrogen-bond acceptors (Lipinski definition) is 2. The van der Waals surface area contributed by atoms with Crippen LogP contribution >= 0.6 is 0 Å². The Balaban J connectivity index is 1.37. The van der Waals surface area contributed by atoms with Crippen LogP contribution in [0.15, 0.2) is 0 Å². The monoisotopic (exact) mass is 272 g/mol. The second-order valence-corrected chi connectivity index (χ2v) is 7.09. The zero-order valence-electron chi connectivity index (χ0n) is 11.9. The SMILES string of the molecule is CN1CCC(CNC2CCC3(CC2)CC3(F)F)CC1. The van der Waals surface area contributed by atoms with Crippen LogP contribution in [0.3, 0.4) is 0 Å². The Morgan fingerprint density at radius 2 is 1.68 bits per heavy atom. The number of likely N-dealkylation sites (tertiary alicyclic amines) is 1. The average Bonchev–Trinajstić information content (AvgIpc) is 2.92. The van der Waals surface area contributed by atoms with Crippen LogP contribution in [-0.2, 0) is 0 Å². The third-order valence-corrected chi connectivity index (χ3v) is 5.69. The summed E-state index contributed by atoms with van der Waals surface area (Å²) >= 11 is 0. The Hall–Kier alpha value is -0.220. The predicted molar refractivity (Wildman–Crippen MR) is 72.5 cm³/mol. The molecule has 0 atom stereocenters. The van der Waals surface area contributed by atoms with Crippen molar-refractivity contribution in [3.05, 3.63) is 0 Å². The van der Waals surface area contributed by atoms with Gasteiger partial charge in [0.15, 0.2) is 0 Å². The van der Waals surface area contributed by atoms with Crippen molar-refractivity contribution in [3.63, 3.8) is 0 Å². The molecule has 0 aromatic rings. The lowest BCUT2D eigenvalue weighted by atomic mass is 9.82. The highest BCUT2D eigenvalue weighted by molar-refractivity contribution is 5.12. The minimum absolute atomic E-state index is 0.154. The van der Waals surface area contributed by atoms with E-state index in [1.165, 1.54) is 25.9 Å². The Morgan fingerprint density at radius 1 is 1.11 bits per heavy atom. The van der Waals surface area contributed by atoms with Crippen molar-refractivity contribution in [3.8, 4) is 0 Å². The second kappa shape index (κ2) is 4.96. The molecule has 0 radical (unpaired) electrons. The van der Waals surface area contributed by atoms with Gasteiger partial charge in [-0.3, -0.25) is 0 Å². The maximum absolute atomic E-state index is 13.3. The summed E-state index contributed by atoms with van der Waals surface area (Å²) in [5.74, 6) is -1.55. The van der Waals surface area contributed by atoms with Crippen LogP contribution in [0.2, 0.25) is 0 Å². The molecule has 1 aliphatic heterocycles. The molecule has 2 saturated carbocycles. The number of halogens is 2. The fourth-order valence-corrected chi connectivity index (χ4v) is 3.90. The van der Waals surface area contributed by atoms with Crippen molar-refractivity contribution in [2.75, 3.05) is 26.7 Å². The fourth-order valence-electron chi connectivity index (χ4n) is 3.90. The van der Waals surface area contributed by atoms with Gasteiger partial charge in [-0.15, -0.1) is 0 Å². The topological polar surface area (TPSA) is 15.3 Å².